The van der Waals surface area contributed by atoms with E-state index in [1.807, 2.05) is 19.1 Å². The van der Waals surface area contributed by atoms with Crippen LogP contribution in [-0.4, -0.2) is 29.1 Å². The van der Waals surface area contributed by atoms with Gasteiger partial charge in [-0.3, -0.25) is 0 Å². The molecule has 0 radical (unpaired) electrons. The topological polar surface area (TPSA) is 63.0 Å². The second kappa shape index (κ2) is 5.40. The highest BCUT2D eigenvalue weighted by atomic mass is 16.3. The van der Waals surface area contributed by atoms with Gasteiger partial charge in [-0.1, -0.05) is 0 Å². The molecule has 5 nitrogen and oxygen atoms in total. The highest BCUT2D eigenvalue weighted by Gasteiger charge is 2.13. The summed E-state index contributed by atoms with van der Waals surface area (Å²) in [6.45, 7) is 3.91. The third kappa shape index (κ3) is 2.93. The van der Waals surface area contributed by atoms with Crippen LogP contribution in [0.25, 0.3) is 11.3 Å². The number of hydrogen-bond donors (Lipinski definition) is 2. The summed E-state index contributed by atoms with van der Waals surface area (Å²) in [5, 5.41) is 6.69. The van der Waals surface area contributed by atoms with Gasteiger partial charge >= 0.3 is 0 Å². The Hall–Kier alpha value is -1.88. The minimum Gasteiger partial charge on any atom is -0.461 e. The van der Waals surface area contributed by atoms with Crippen molar-refractivity contribution in [3.63, 3.8) is 0 Å². The van der Waals surface area contributed by atoms with Gasteiger partial charge in [0, 0.05) is 25.0 Å². The molecule has 1 unspecified atom stereocenters. The zero-order valence-corrected chi connectivity index (χ0v) is 11.0. The van der Waals surface area contributed by atoms with E-state index in [1.165, 1.54) is 12.8 Å². The Morgan fingerprint density at radius 2 is 2.21 bits per heavy atom. The number of aromatic nitrogens is 2. The molecule has 2 aromatic rings. The van der Waals surface area contributed by atoms with Crippen molar-refractivity contribution >= 4 is 5.95 Å². The van der Waals surface area contributed by atoms with Crippen LogP contribution in [-0.2, 0) is 0 Å². The fourth-order valence-corrected chi connectivity index (χ4v) is 2.28. The predicted octanol–water partition coefficient (Wildman–Crippen LogP) is 2.21. The number of nitrogens with zero attached hydrogens (tertiary/aromatic N) is 2. The molecule has 1 saturated heterocycles. The van der Waals surface area contributed by atoms with E-state index < -0.39 is 0 Å². The Morgan fingerprint density at radius 1 is 1.37 bits per heavy atom. The summed E-state index contributed by atoms with van der Waals surface area (Å²) >= 11 is 0. The Bertz CT molecular complexity index is 529. The van der Waals surface area contributed by atoms with Crippen molar-refractivity contribution in [1.82, 2.24) is 15.3 Å². The largest absolute Gasteiger partial charge is 0.461 e. The van der Waals surface area contributed by atoms with E-state index >= 15 is 0 Å². The minimum absolute atomic E-state index is 0.538. The van der Waals surface area contributed by atoms with Crippen LogP contribution in [0, 0.1) is 6.92 Å². The summed E-state index contributed by atoms with van der Waals surface area (Å²) in [7, 11) is 0. The first-order valence-electron chi connectivity index (χ1n) is 6.67. The molecule has 2 N–H and O–H groups in total. The van der Waals surface area contributed by atoms with Crippen molar-refractivity contribution in [1.29, 1.82) is 0 Å². The first-order valence-corrected chi connectivity index (χ1v) is 6.67. The maximum Gasteiger partial charge on any atom is 0.222 e. The van der Waals surface area contributed by atoms with Crippen LogP contribution in [0.5, 0.6) is 0 Å². The van der Waals surface area contributed by atoms with Gasteiger partial charge in [0.2, 0.25) is 5.95 Å². The molecular weight excluding hydrogens is 240 g/mol. The summed E-state index contributed by atoms with van der Waals surface area (Å²) < 4.78 is 5.54. The Morgan fingerprint density at radius 3 is 2.84 bits per heavy atom. The predicted molar refractivity (Wildman–Crippen MR) is 74.0 cm³/mol. The molecule has 0 spiro atoms. The van der Waals surface area contributed by atoms with Crippen molar-refractivity contribution in [2.24, 2.45) is 0 Å². The van der Waals surface area contributed by atoms with Gasteiger partial charge in [-0.2, -0.15) is 0 Å². The van der Waals surface area contributed by atoms with Gasteiger partial charge in [0.05, 0.1) is 5.56 Å². The van der Waals surface area contributed by atoms with Crippen molar-refractivity contribution in [3.05, 3.63) is 30.3 Å². The van der Waals surface area contributed by atoms with E-state index in [4.69, 9.17) is 4.42 Å². The van der Waals surface area contributed by atoms with Crippen LogP contribution in [0.1, 0.15) is 18.6 Å². The maximum atomic E-state index is 5.54. The van der Waals surface area contributed by atoms with E-state index in [-0.39, 0.29) is 0 Å². The zero-order chi connectivity index (χ0) is 13.1. The van der Waals surface area contributed by atoms with Gasteiger partial charge in [-0.15, -0.1) is 0 Å². The SMILES string of the molecule is Cc1ccc(-c2cnc(NCC3CCCN3)nc2)o1. The summed E-state index contributed by atoms with van der Waals surface area (Å²) in [5.74, 6) is 2.37. The van der Waals surface area contributed by atoms with Crippen LogP contribution in [0.3, 0.4) is 0 Å². The molecule has 100 valence electrons. The van der Waals surface area contributed by atoms with Crippen LogP contribution in [0.2, 0.25) is 0 Å². The third-order valence-electron chi connectivity index (χ3n) is 3.35. The molecule has 1 fully saturated rings. The smallest absolute Gasteiger partial charge is 0.222 e. The molecule has 3 rings (SSSR count). The lowest BCUT2D eigenvalue weighted by molar-refractivity contribution is 0.548. The van der Waals surface area contributed by atoms with E-state index in [1.54, 1.807) is 12.4 Å². The van der Waals surface area contributed by atoms with Gasteiger partial charge in [0.15, 0.2) is 0 Å². The monoisotopic (exact) mass is 258 g/mol. The lowest BCUT2D eigenvalue weighted by Crippen LogP contribution is -2.29. The first kappa shape index (κ1) is 12.2. The highest BCUT2D eigenvalue weighted by Crippen LogP contribution is 2.20. The second-order valence-corrected chi connectivity index (χ2v) is 4.88. The molecule has 1 atom stereocenters. The van der Waals surface area contributed by atoms with Gasteiger partial charge in [0.1, 0.15) is 11.5 Å². The summed E-state index contributed by atoms with van der Waals surface area (Å²) in [6, 6.07) is 4.41. The second-order valence-electron chi connectivity index (χ2n) is 4.88. The molecular formula is C14H18N4O. The normalized spacial score (nSPS) is 18.7. The number of aryl methyl sites for hydroxylation is 1. The molecule has 0 amide bonds. The first-order chi connectivity index (χ1) is 9.31. The molecule has 19 heavy (non-hydrogen) atoms. The zero-order valence-electron chi connectivity index (χ0n) is 11.0. The van der Waals surface area contributed by atoms with Crippen LogP contribution >= 0.6 is 0 Å². The number of nitrogens with one attached hydrogen (secondary N) is 2. The van der Waals surface area contributed by atoms with Crippen molar-refractivity contribution in [2.75, 3.05) is 18.4 Å². The standard InChI is InChI=1S/C14H18N4O/c1-10-4-5-13(19-10)11-7-16-14(17-8-11)18-9-12-3-2-6-15-12/h4-5,7-8,12,15H,2-3,6,9H2,1H3,(H,16,17,18). The number of hydrogen-bond acceptors (Lipinski definition) is 5. The van der Waals surface area contributed by atoms with E-state index in [2.05, 4.69) is 20.6 Å². The van der Waals surface area contributed by atoms with Crippen LogP contribution in [0.4, 0.5) is 5.95 Å². The Labute approximate surface area is 112 Å². The van der Waals surface area contributed by atoms with Gasteiger partial charge in [-0.25, -0.2) is 9.97 Å². The molecule has 5 heteroatoms. The fourth-order valence-electron chi connectivity index (χ4n) is 2.28. The number of furan rings is 1. The average Bonchev–Trinajstić information content (AvgIpc) is 3.08. The van der Waals surface area contributed by atoms with Gasteiger partial charge in [0.25, 0.3) is 0 Å². The van der Waals surface area contributed by atoms with Crippen molar-refractivity contribution in [3.8, 4) is 11.3 Å². The average molecular weight is 258 g/mol. The van der Waals surface area contributed by atoms with Crippen molar-refractivity contribution in [2.45, 2.75) is 25.8 Å². The fraction of sp³-hybridized carbons (Fsp3) is 0.429. The van der Waals surface area contributed by atoms with E-state index in [9.17, 15) is 0 Å². The molecule has 3 heterocycles. The molecule has 0 bridgehead atoms. The van der Waals surface area contributed by atoms with Crippen LogP contribution in [0.15, 0.2) is 28.9 Å². The lowest BCUT2D eigenvalue weighted by atomic mass is 10.2. The Kier molecular flexibility index (Phi) is 3.46. The highest BCUT2D eigenvalue weighted by molar-refractivity contribution is 5.55. The lowest BCUT2D eigenvalue weighted by Gasteiger charge is -2.11. The minimum atomic E-state index is 0.538. The molecule has 2 aromatic heterocycles. The molecule has 0 aromatic carbocycles. The van der Waals surface area contributed by atoms with Crippen LogP contribution < -0.4 is 10.6 Å². The molecule has 0 aliphatic carbocycles. The van der Waals surface area contributed by atoms with Crippen molar-refractivity contribution < 1.29 is 4.42 Å². The summed E-state index contributed by atoms with van der Waals surface area (Å²) in [6.07, 6.45) is 6.05. The Balaban J connectivity index is 1.62. The molecule has 1 aliphatic rings. The number of anilines is 1. The quantitative estimate of drug-likeness (QED) is 0.880. The van der Waals surface area contributed by atoms with E-state index in [0.717, 1.165) is 30.2 Å². The van der Waals surface area contributed by atoms with Gasteiger partial charge in [-0.05, 0) is 38.4 Å². The summed E-state index contributed by atoms with van der Waals surface area (Å²) in [4.78, 5) is 8.63. The van der Waals surface area contributed by atoms with E-state index in [0.29, 0.717) is 12.0 Å². The van der Waals surface area contributed by atoms with Gasteiger partial charge < -0.3 is 15.1 Å². The maximum absolute atomic E-state index is 5.54. The third-order valence-corrected chi connectivity index (χ3v) is 3.35. The molecule has 1 aliphatic heterocycles. The summed E-state index contributed by atoms with van der Waals surface area (Å²) in [5.41, 5.74) is 0.901. The number of rotatable bonds is 4. The molecule has 0 saturated carbocycles.